The minimum atomic E-state index is 0.0268. The molecule has 0 radical (unpaired) electrons. The van der Waals surface area contributed by atoms with Crippen molar-refractivity contribution < 1.29 is 4.74 Å². The number of nitrogen functional groups attached to an aromatic ring is 1. The number of nitriles is 2. The second kappa shape index (κ2) is 10.6. The minimum absolute atomic E-state index is 0.0268. The number of rotatable bonds is 6. The molecule has 1 aliphatic rings. The first kappa shape index (κ1) is 23.6. The van der Waals surface area contributed by atoms with Crippen LogP contribution in [0.5, 0.6) is 0 Å². The molecule has 1 saturated heterocycles. The first-order valence-electron chi connectivity index (χ1n) is 11.1. The van der Waals surface area contributed by atoms with Gasteiger partial charge in [0.1, 0.15) is 0 Å². The highest BCUT2D eigenvalue weighted by Gasteiger charge is 2.33. The molecule has 3 aromatic carbocycles. The lowest BCUT2D eigenvalue weighted by Crippen LogP contribution is -2.50. The van der Waals surface area contributed by atoms with E-state index < -0.39 is 0 Å². The third-order valence-corrected chi connectivity index (χ3v) is 6.57. The van der Waals surface area contributed by atoms with E-state index in [1.807, 2.05) is 48.5 Å². The van der Waals surface area contributed by atoms with Gasteiger partial charge in [0.25, 0.3) is 0 Å². The summed E-state index contributed by atoms with van der Waals surface area (Å²) in [5, 5.41) is 19.1. The van der Waals surface area contributed by atoms with Gasteiger partial charge in [-0.05, 0) is 53.6 Å². The summed E-state index contributed by atoms with van der Waals surface area (Å²) in [5.41, 5.74) is 11.3. The first-order valence-corrected chi connectivity index (χ1v) is 11.5. The Morgan fingerprint density at radius 3 is 2.29 bits per heavy atom. The van der Waals surface area contributed by atoms with Crippen LogP contribution >= 0.6 is 11.6 Å². The first-order chi connectivity index (χ1) is 16.5. The highest BCUT2D eigenvalue weighted by Crippen LogP contribution is 2.37. The highest BCUT2D eigenvalue weighted by atomic mass is 35.5. The van der Waals surface area contributed by atoms with E-state index in [1.54, 1.807) is 13.2 Å². The van der Waals surface area contributed by atoms with Gasteiger partial charge in [-0.1, -0.05) is 35.9 Å². The molecule has 0 aliphatic carbocycles. The van der Waals surface area contributed by atoms with Gasteiger partial charge in [-0.2, -0.15) is 10.5 Å². The molecule has 7 heteroatoms. The fourth-order valence-corrected chi connectivity index (χ4v) is 4.71. The van der Waals surface area contributed by atoms with Crippen molar-refractivity contribution in [2.45, 2.75) is 12.1 Å². The van der Waals surface area contributed by atoms with Gasteiger partial charge in [0.2, 0.25) is 0 Å². The van der Waals surface area contributed by atoms with Crippen molar-refractivity contribution in [2.24, 2.45) is 0 Å². The van der Waals surface area contributed by atoms with E-state index in [9.17, 15) is 5.26 Å². The second-order valence-corrected chi connectivity index (χ2v) is 8.78. The number of hydrogen-bond donors (Lipinski definition) is 1. The van der Waals surface area contributed by atoms with Gasteiger partial charge in [0, 0.05) is 31.8 Å². The summed E-state index contributed by atoms with van der Waals surface area (Å²) in [6, 6.07) is 25.5. The molecule has 34 heavy (non-hydrogen) atoms. The van der Waals surface area contributed by atoms with E-state index in [1.165, 1.54) is 0 Å². The van der Waals surface area contributed by atoms with Gasteiger partial charge in [0.05, 0.1) is 53.3 Å². The summed E-state index contributed by atoms with van der Waals surface area (Å²) in [5.74, 6) is 0. The summed E-state index contributed by atoms with van der Waals surface area (Å²) < 4.78 is 5.59. The van der Waals surface area contributed by atoms with E-state index >= 15 is 0 Å². The lowest BCUT2D eigenvalue weighted by Gasteiger charge is -2.46. The molecular weight excluding hydrogens is 446 g/mol. The molecule has 6 nitrogen and oxygen atoms in total. The van der Waals surface area contributed by atoms with Crippen LogP contribution in [0.15, 0.2) is 66.7 Å². The molecule has 1 fully saturated rings. The Morgan fingerprint density at radius 2 is 1.68 bits per heavy atom. The number of anilines is 2. The van der Waals surface area contributed by atoms with Crippen molar-refractivity contribution in [1.29, 1.82) is 10.5 Å². The van der Waals surface area contributed by atoms with E-state index in [-0.39, 0.29) is 12.1 Å². The number of benzene rings is 3. The van der Waals surface area contributed by atoms with Crippen LogP contribution in [0.4, 0.5) is 11.4 Å². The zero-order valence-electron chi connectivity index (χ0n) is 19.0. The Morgan fingerprint density at radius 1 is 1.00 bits per heavy atom. The average Bonchev–Trinajstić information content (AvgIpc) is 2.87. The topological polar surface area (TPSA) is 89.3 Å². The normalized spacial score (nSPS) is 17.1. The molecule has 0 saturated carbocycles. The predicted molar refractivity (Wildman–Crippen MR) is 134 cm³/mol. The molecule has 0 unspecified atom stereocenters. The van der Waals surface area contributed by atoms with E-state index in [2.05, 4.69) is 34.1 Å². The number of ether oxygens (including phenoxy) is 1. The maximum Gasteiger partial charge on any atom is 0.0992 e. The molecule has 0 aromatic heterocycles. The van der Waals surface area contributed by atoms with Crippen molar-refractivity contribution >= 4 is 23.0 Å². The highest BCUT2D eigenvalue weighted by molar-refractivity contribution is 6.30. The van der Waals surface area contributed by atoms with Crippen molar-refractivity contribution in [2.75, 3.05) is 44.0 Å². The molecule has 1 heterocycles. The van der Waals surface area contributed by atoms with E-state index in [4.69, 9.17) is 27.3 Å². The van der Waals surface area contributed by atoms with Crippen LogP contribution in [-0.4, -0.2) is 38.3 Å². The number of methoxy groups -OCH3 is 1. The summed E-state index contributed by atoms with van der Waals surface area (Å²) in [6.07, 6.45) is 0. The number of nitrogens with zero attached hydrogens (tertiary/aromatic N) is 4. The molecule has 2 N–H and O–H groups in total. The van der Waals surface area contributed by atoms with Crippen molar-refractivity contribution in [3.63, 3.8) is 0 Å². The van der Waals surface area contributed by atoms with Crippen LogP contribution in [0.3, 0.4) is 0 Å². The Hall–Kier alpha value is -3.55. The van der Waals surface area contributed by atoms with Gasteiger partial charge >= 0.3 is 0 Å². The molecule has 172 valence electrons. The number of piperazine rings is 1. The quantitative estimate of drug-likeness (QED) is 0.513. The fraction of sp³-hybridized carbons (Fsp3) is 0.259. The Labute approximate surface area is 205 Å². The largest absolute Gasteiger partial charge is 0.397 e. The third kappa shape index (κ3) is 5.00. The monoisotopic (exact) mass is 471 g/mol. The van der Waals surface area contributed by atoms with Gasteiger partial charge in [-0.3, -0.25) is 4.90 Å². The van der Waals surface area contributed by atoms with Crippen LogP contribution in [0, 0.1) is 22.7 Å². The lowest BCUT2D eigenvalue weighted by atomic mass is 9.97. The Balaban J connectivity index is 1.69. The third-order valence-electron chi connectivity index (χ3n) is 6.32. The van der Waals surface area contributed by atoms with Crippen molar-refractivity contribution in [1.82, 2.24) is 4.90 Å². The summed E-state index contributed by atoms with van der Waals surface area (Å²) in [7, 11) is 1.71. The Bertz CT molecular complexity index is 1210. The van der Waals surface area contributed by atoms with Gasteiger partial charge in [-0.15, -0.1) is 0 Å². The fourth-order valence-electron chi connectivity index (χ4n) is 4.58. The van der Waals surface area contributed by atoms with Gasteiger partial charge in [-0.25, -0.2) is 0 Å². The molecule has 0 bridgehead atoms. The number of nitrogens with two attached hydrogens (primary N) is 1. The SMILES string of the molecule is COC[C@@H](c1ccc(C#N)cc1)N1CCN(c2ccc(C#N)cc2N)[C@H](c2ccc(Cl)cc2)C1. The van der Waals surface area contributed by atoms with Crippen LogP contribution in [-0.2, 0) is 4.74 Å². The standard InChI is InChI=1S/C27H26ClN5O/c1-34-18-27(22-5-2-19(15-29)3-6-22)32-12-13-33(25-11-4-20(16-30)14-24(25)31)26(17-32)21-7-9-23(28)10-8-21/h2-11,14,26-27H,12-13,17-18,31H2,1H3/t26-,27-/m0/s1. The minimum Gasteiger partial charge on any atom is -0.397 e. The molecule has 0 spiro atoms. The maximum atomic E-state index is 9.24. The molecular formula is C27H26ClN5O. The summed E-state index contributed by atoms with van der Waals surface area (Å²) in [4.78, 5) is 4.72. The summed E-state index contributed by atoms with van der Waals surface area (Å²) >= 11 is 6.17. The van der Waals surface area contributed by atoms with E-state index in [0.29, 0.717) is 28.4 Å². The molecule has 1 aliphatic heterocycles. The van der Waals surface area contributed by atoms with Crippen molar-refractivity contribution in [3.05, 3.63) is 94.0 Å². The number of halogens is 1. The zero-order valence-corrected chi connectivity index (χ0v) is 19.7. The molecule has 0 amide bonds. The second-order valence-electron chi connectivity index (χ2n) is 8.35. The molecule has 4 rings (SSSR count). The molecule has 3 aromatic rings. The smallest absolute Gasteiger partial charge is 0.0992 e. The van der Waals surface area contributed by atoms with Crippen LogP contribution in [0.25, 0.3) is 0 Å². The van der Waals surface area contributed by atoms with Crippen LogP contribution in [0.1, 0.15) is 34.3 Å². The lowest BCUT2D eigenvalue weighted by molar-refractivity contribution is 0.0758. The summed E-state index contributed by atoms with van der Waals surface area (Å²) in [6.45, 7) is 2.84. The predicted octanol–water partition coefficient (Wildman–Crippen LogP) is 4.92. The van der Waals surface area contributed by atoms with Crippen LogP contribution in [0.2, 0.25) is 5.02 Å². The van der Waals surface area contributed by atoms with E-state index in [0.717, 1.165) is 36.4 Å². The van der Waals surface area contributed by atoms with Crippen LogP contribution < -0.4 is 10.6 Å². The Kier molecular flexibility index (Phi) is 7.35. The van der Waals surface area contributed by atoms with Crippen molar-refractivity contribution in [3.8, 4) is 12.1 Å². The maximum absolute atomic E-state index is 9.24. The van der Waals surface area contributed by atoms with Gasteiger partial charge < -0.3 is 15.4 Å². The average molecular weight is 472 g/mol. The molecule has 2 atom stereocenters. The van der Waals surface area contributed by atoms with Gasteiger partial charge in [0.15, 0.2) is 0 Å². The number of hydrogen-bond acceptors (Lipinski definition) is 6. The zero-order chi connectivity index (χ0) is 24.1.